The molecule has 1 aliphatic heterocycles. The molecule has 10 heteroatoms. The number of rotatable bonds is 6. The van der Waals surface area contributed by atoms with Crippen LogP contribution in [0.5, 0.6) is 5.75 Å². The number of carbonyl (C=O) groups excluding carboxylic acids is 3. The highest BCUT2D eigenvalue weighted by Crippen LogP contribution is 2.35. The first-order valence-corrected chi connectivity index (χ1v) is 10.2. The molecular weight excluding hydrogens is 463 g/mol. The summed E-state index contributed by atoms with van der Waals surface area (Å²) in [6.07, 6.45) is 2.15. The first-order chi connectivity index (χ1) is 14.7. The maximum absolute atomic E-state index is 13.1. The number of aliphatic carboxylic acids is 1. The van der Waals surface area contributed by atoms with Gasteiger partial charge in [-0.25, -0.2) is 0 Å². The summed E-state index contributed by atoms with van der Waals surface area (Å²) in [6, 6.07) is 10.0. The molecule has 0 radical (unpaired) electrons. The zero-order chi connectivity index (χ0) is 22.7. The summed E-state index contributed by atoms with van der Waals surface area (Å²) >= 11 is 17.4. The van der Waals surface area contributed by atoms with E-state index in [1.54, 1.807) is 12.1 Å². The van der Waals surface area contributed by atoms with Gasteiger partial charge in [-0.3, -0.25) is 19.8 Å². The summed E-state index contributed by atoms with van der Waals surface area (Å²) in [5.41, 5.74) is 1.76. The predicted octanol–water partition coefficient (Wildman–Crippen LogP) is 2.52. The molecule has 0 spiro atoms. The molecule has 160 valence electrons. The molecule has 1 heterocycles. The van der Waals surface area contributed by atoms with Crippen molar-refractivity contribution < 1.29 is 24.2 Å². The van der Waals surface area contributed by atoms with Gasteiger partial charge in [0.25, 0.3) is 11.8 Å². The molecule has 3 rings (SSSR count). The van der Waals surface area contributed by atoms with Crippen molar-refractivity contribution in [2.75, 3.05) is 11.5 Å². The summed E-state index contributed by atoms with van der Waals surface area (Å²) in [7, 11) is 0. The third-order valence-corrected chi connectivity index (χ3v) is 5.22. The van der Waals surface area contributed by atoms with Crippen molar-refractivity contribution in [2.45, 2.75) is 13.3 Å². The van der Waals surface area contributed by atoms with E-state index in [9.17, 15) is 19.5 Å². The van der Waals surface area contributed by atoms with Gasteiger partial charge >= 0.3 is 0 Å². The molecule has 0 aromatic heterocycles. The van der Waals surface area contributed by atoms with Crippen LogP contribution in [-0.4, -0.2) is 29.5 Å². The lowest BCUT2D eigenvalue weighted by atomic mass is 10.1. The van der Waals surface area contributed by atoms with Gasteiger partial charge in [-0.05, 0) is 60.1 Å². The summed E-state index contributed by atoms with van der Waals surface area (Å²) in [6.45, 7) is 1.28. The molecule has 2 aromatic rings. The third kappa shape index (κ3) is 5.04. The summed E-state index contributed by atoms with van der Waals surface area (Å²) in [4.78, 5) is 37.3. The Bertz CT molecular complexity index is 1090. The largest absolute Gasteiger partial charge is 0.546 e. The SMILES string of the molecule is CCc1ccc(N2C(=O)/C(=C/c3cc(Cl)c(OCC(=O)[O-])c(Cl)c3)C(=O)NC2=S)cc1. The molecular formula is C21H15Cl2N2O5S-. The third-order valence-electron chi connectivity index (χ3n) is 4.37. The first-order valence-electron chi connectivity index (χ1n) is 9.03. The lowest BCUT2D eigenvalue weighted by Gasteiger charge is -2.29. The van der Waals surface area contributed by atoms with Crippen LogP contribution in [0.2, 0.25) is 10.0 Å². The van der Waals surface area contributed by atoms with E-state index in [4.69, 9.17) is 40.2 Å². The quantitative estimate of drug-likeness (QED) is 0.389. The topological polar surface area (TPSA) is 98.8 Å². The standard InChI is InChI=1S/C21H16Cl2N2O5S/c1-2-11-3-5-13(6-4-11)25-20(29)14(19(28)24-21(25)31)7-12-8-15(22)18(16(23)9-12)30-10-17(26)27/h3-9H,2,10H2,1H3,(H,26,27)(H,24,28,31)/p-1/b14-7+. The number of ether oxygens (including phenoxy) is 1. The Morgan fingerprint density at radius 2 is 1.81 bits per heavy atom. The fourth-order valence-electron chi connectivity index (χ4n) is 2.87. The number of thiocarbonyl (C=S) groups is 1. The van der Waals surface area contributed by atoms with Crippen molar-refractivity contribution in [3.63, 3.8) is 0 Å². The van der Waals surface area contributed by atoms with Crippen LogP contribution in [0.15, 0.2) is 42.0 Å². The Morgan fingerprint density at radius 3 is 2.35 bits per heavy atom. The molecule has 7 nitrogen and oxygen atoms in total. The number of anilines is 1. The normalized spacial score (nSPS) is 15.3. The highest BCUT2D eigenvalue weighted by Gasteiger charge is 2.34. The highest BCUT2D eigenvalue weighted by molar-refractivity contribution is 7.80. The number of carboxylic acids is 1. The molecule has 0 aliphatic carbocycles. The number of aryl methyl sites for hydroxylation is 1. The second kappa shape index (κ2) is 9.47. The van der Waals surface area contributed by atoms with Crippen molar-refractivity contribution in [3.05, 3.63) is 63.1 Å². The fourth-order valence-corrected chi connectivity index (χ4v) is 3.77. The Balaban J connectivity index is 1.95. The molecule has 1 aliphatic rings. The number of hydrogen-bond donors (Lipinski definition) is 1. The molecule has 31 heavy (non-hydrogen) atoms. The molecule has 0 saturated carbocycles. The zero-order valence-electron chi connectivity index (χ0n) is 16.1. The smallest absolute Gasteiger partial charge is 0.270 e. The number of amides is 2. The monoisotopic (exact) mass is 477 g/mol. The van der Waals surface area contributed by atoms with Crippen LogP contribution in [-0.2, 0) is 20.8 Å². The Labute approximate surface area is 193 Å². The molecule has 0 atom stereocenters. The first kappa shape index (κ1) is 22.7. The van der Waals surface area contributed by atoms with E-state index in [0.717, 1.165) is 12.0 Å². The number of hydrogen-bond acceptors (Lipinski definition) is 6. The molecule has 1 N–H and O–H groups in total. The van der Waals surface area contributed by atoms with Crippen LogP contribution >= 0.6 is 35.4 Å². The number of benzene rings is 2. The van der Waals surface area contributed by atoms with E-state index < -0.39 is 24.4 Å². The molecule has 0 unspecified atom stereocenters. The van der Waals surface area contributed by atoms with Gasteiger partial charge in [0.05, 0.1) is 21.7 Å². The van der Waals surface area contributed by atoms with Gasteiger partial charge in [0.2, 0.25) is 0 Å². The van der Waals surface area contributed by atoms with E-state index in [0.29, 0.717) is 11.3 Å². The second-order valence-electron chi connectivity index (χ2n) is 6.45. The maximum atomic E-state index is 13.1. The van der Waals surface area contributed by atoms with Crippen LogP contribution in [0.3, 0.4) is 0 Å². The van der Waals surface area contributed by atoms with Gasteiger partial charge in [0, 0.05) is 0 Å². The number of nitrogens with one attached hydrogen (secondary N) is 1. The van der Waals surface area contributed by atoms with Crippen LogP contribution < -0.4 is 20.1 Å². The van der Waals surface area contributed by atoms with E-state index >= 15 is 0 Å². The summed E-state index contributed by atoms with van der Waals surface area (Å²) in [5, 5.41) is 13.1. The van der Waals surface area contributed by atoms with Gasteiger partial charge in [0.15, 0.2) is 10.9 Å². The lowest BCUT2D eigenvalue weighted by molar-refractivity contribution is -0.307. The fraction of sp³-hybridized carbons (Fsp3) is 0.143. The lowest BCUT2D eigenvalue weighted by Crippen LogP contribution is -2.54. The van der Waals surface area contributed by atoms with E-state index in [1.165, 1.54) is 23.1 Å². The molecule has 1 fully saturated rings. The van der Waals surface area contributed by atoms with Gasteiger partial charge in [0.1, 0.15) is 12.2 Å². The zero-order valence-corrected chi connectivity index (χ0v) is 18.4. The van der Waals surface area contributed by atoms with E-state index in [-0.39, 0.29) is 26.5 Å². The van der Waals surface area contributed by atoms with Crippen molar-refractivity contribution in [1.29, 1.82) is 0 Å². The number of carboxylic acid groups (broad SMARTS) is 1. The van der Waals surface area contributed by atoms with Crippen LogP contribution in [0, 0.1) is 0 Å². The van der Waals surface area contributed by atoms with E-state index in [2.05, 4.69) is 5.32 Å². The molecule has 1 saturated heterocycles. The van der Waals surface area contributed by atoms with Crippen molar-refractivity contribution >= 4 is 70.1 Å². The average Bonchev–Trinajstić information content (AvgIpc) is 2.70. The van der Waals surface area contributed by atoms with Crippen molar-refractivity contribution in [2.24, 2.45) is 0 Å². The molecule has 0 bridgehead atoms. The van der Waals surface area contributed by atoms with Crippen molar-refractivity contribution in [3.8, 4) is 5.75 Å². The van der Waals surface area contributed by atoms with Crippen molar-refractivity contribution in [1.82, 2.24) is 5.32 Å². The number of nitrogens with zero attached hydrogens (tertiary/aromatic N) is 1. The van der Waals surface area contributed by atoms with Gasteiger partial charge < -0.3 is 14.6 Å². The van der Waals surface area contributed by atoms with Crippen LogP contribution in [0.4, 0.5) is 5.69 Å². The van der Waals surface area contributed by atoms with Gasteiger partial charge in [-0.2, -0.15) is 0 Å². The molecule has 2 aromatic carbocycles. The number of carbonyl (C=O) groups is 3. The minimum atomic E-state index is -1.44. The summed E-state index contributed by atoms with van der Waals surface area (Å²) < 4.78 is 5.01. The number of halogens is 2. The van der Waals surface area contributed by atoms with E-state index in [1.807, 2.05) is 19.1 Å². The van der Waals surface area contributed by atoms with Crippen LogP contribution in [0.25, 0.3) is 6.08 Å². The minimum Gasteiger partial charge on any atom is -0.546 e. The highest BCUT2D eigenvalue weighted by atomic mass is 35.5. The van der Waals surface area contributed by atoms with Gasteiger partial charge in [-0.1, -0.05) is 42.3 Å². The predicted molar refractivity (Wildman–Crippen MR) is 119 cm³/mol. The minimum absolute atomic E-state index is 0.00629. The Morgan fingerprint density at radius 1 is 1.19 bits per heavy atom. The average molecular weight is 478 g/mol. The maximum Gasteiger partial charge on any atom is 0.270 e. The summed E-state index contributed by atoms with van der Waals surface area (Å²) in [5.74, 6) is -2.76. The second-order valence-corrected chi connectivity index (χ2v) is 7.65. The molecule has 2 amide bonds. The Hall–Kier alpha value is -2.94. The Kier molecular flexibility index (Phi) is 6.94. The van der Waals surface area contributed by atoms with Crippen LogP contribution in [0.1, 0.15) is 18.1 Å². The van der Waals surface area contributed by atoms with Gasteiger partial charge in [-0.15, -0.1) is 0 Å².